The minimum Gasteiger partial charge on any atom is -0.333 e. The number of nitrogens with two attached hydrogens (primary N) is 1. The number of nitrogens with zero attached hydrogens (tertiary/aromatic N) is 1. The van der Waals surface area contributed by atoms with Gasteiger partial charge in [0.25, 0.3) is 0 Å². The Morgan fingerprint density at radius 3 is 1.36 bits per heavy atom. The van der Waals surface area contributed by atoms with Gasteiger partial charge in [-0.25, -0.2) is 4.98 Å². The highest BCUT2D eigenvalue weighted by Gasteiger charge is 2.05. The number of pyridine rings is 1. The van der Waals surface area contributed by atoms with Crippen molar-refractivity contribution >= 4 is 21.5 Å². The summed E-state index contributed by atoms with van der Waals surface area (Å²) in [5, 5.41) is 4.98. The predicted octanol–water partition coefficient (Wildman–Crippen LogP) is 6.30. The number of hydrogen-bond donors (Lipinski definition) is 1. The van der Waals surface area contributed by atoms with Crippen LogP contribution >= 0.6 is 0 Å². The first-order valence-electron chi connectivity index (χ1n) is 9.40. The summed E-state index contributed by atoms with van der Waals surface area (Å²) >= 11 is 0. The predicted molar refractivity (Wildman–Crippen MR) is 120 cm³/mol. The van der Waals surface area contributed by atoms with Gasteiger partial charge in [-0.15, -0.1) is 0 Å². The lowest BCUT2D eigenvalue weighted by molar-refractivity contribution is 1.33. The molecule has 0 aliphatic heterocycles. The van der Waals surface area contributed by atoms with Crippen molar-refractivity contribution in [1.29, 1.82) is 0 Å². The van der Waals surface area contributed by atoms with Crippen LogP contribution in [0.2, 0.25) is 0 Å². The van der Waals surface area contributed by atoms with E-state index in [2.05, 4.69) is 109 Å². The molecule has 5 aromatic rings. The quantitative estimate of drug-likeness (QED) is 0.400. The number of rotatable bonds is 2. The summed E-state index contributed by atoms with van der Waals surface area (Å²) < 4.78 is 0. The molecule has 0 aliphatic rings. The van der Waals surface area contributed by atoms with Crippen LogP contribution in [0.25, 0.3) is 44.1 Å². The fourth-order valence-corrected chi connectivity index (χ4v) is 3.45. The summed E-state index contributed by atoms with van der Waals surface area (Å²) in [7, 11) is 1.50. The third-order valence-corrected chi connectivity index (χ3v) is 4.84. The Morgan fingerprint density at radius 1 is 0.464 bits per heavy atom. The molecule has 0 unspecified atom stereocenters. The van der Waals surface area contributed by atoms with Gasteiger partial charge in [-0.05, 0) is 52.9 Å². The molecule has 0 bridgehead atoms. The zero-order valence-corrected chi connectivity index (χ0v) is 15.8. The number of fused-ring (bicyclic) bond motifs is 2. The first-order chi connectivity index (χ1) is 13.9. The summed E-state index contributed by atoms with van der Waals surface area (Å²) in [6.07, 6.45) is 0. The van der Waals surface area contributed by atoms with Crippen LogP contribution in [0.4, 0.5) is 0 Å². The Hall–Kier alpha value is -3.49. The highest BCUT2D eigenvalue weighted by Crippen LogP contribution is 2.27. The average molecular weight is 362 g/mol. The smallest absolute Gasteiger partial charge is 0.0709 e. The van der Waals surface area contributed by atoms with Crippen LogP contribution in [-0.4, -0.2) is 12.0 Å². The molecule has 0 spiro atoms. The summed E-state index contributed by atoms with van der Waals surface area (Å²) in [5.41, 5.74) is 8.79. The van der Waals surface area contributed by atoms with Crippen LogP contribution < -0.4 is 5.73 Å². The van der Waals surface area contributed by atoms with Crippen LogP contribution in [0, 0.1) is 0 Å². The molecule has 0 amide bonds. The zero-order chi connectivity index (χ0) is 19.3. The van der Waals surface area contributed by atoms with E-state index >= 15 is 0 Å². The van der Waals surface area contributed by atoms with Gasteiger partial charge < -0.3 is 5.73 Å². The Bertz CT molecular complexity index is 1150. The molecule has 5 rings (SSSR count). The molecule has 0 atom stereocenters. The molecule has 4 aromatic carbocycles. The van der Waals surface area contributed by atoms with Crippen molar-refractivity contribution in [2.75, 3.05) is 7.05 Å². The van der Waals surface area contributed by atoms with E-state index in [0.29, 0.717) is 0 Å². The summed E-state index contributed by atoms with van der Waals surface area (Å²) in [6.45, 7) is 0. The first kappa shape index (κ1) is 17.9. The van der Waals surface area contributed by atoms with Crippen molar-refractivity contribution < 1.29 is 0 Å². The number of hydrogen-bond acceptors (Lipinski definition) is 2. The van der Waals surface area contributed by atoms with Crippen molar-refractivity contribution in [3.63, 3.8) is 0 Å². The van der Waals surface area contributed by atoms with E-state index in [1.807, 2.05) is 0 Å². The van der Waals surface area contributed by atoms with Gasteiger partial charge in [-0.1, -0.05) is 78.9 Å². The third-order valence-electron chi connectivity index (χ3n) is 4.84. The summed E-state index contributed by atoms with van der Waals surface area (Å²) in [5.74, 6) is 0. The Kier molecular flexibility index (Phi) is 5.14. The molecule has 2 N–H and O–H groups in total. The lowest BCUT2D eigenvalue weighted by atomic mass is 10.0. The van der Waals surface area contributed by atoms with Crippen LogP contribution in [-0.2, 0) is 0 Å². The monoisotopic (exact) mass is 362 g/mol. The van der Waals surface area contributed by atoms with Gasteiger partial charge >= 0.3 is 0 Å². The Balaban J connectivity index is 0.000000932. The van der Waals surface area contributed by atoms with E-state index in [1.54, 1.807) is 0 Å². The number of benzene rings is 4. The molecule has 2 heteroatoms. The molecule has 136 valence electrons. The lowest BCUT2D eigenvalue weighted by Crippen LogP contribution is -1.88. The van der Waals surface area contributed by atoms with E-state index in [4.69, 9.17) is 4.98 Å². The highest BCUT2D eigenvalue weighted by atomic mass is 14.7. The van der Waals surface area contributed by atoms with Crippen LogP contribution in [0.5, 0.6) is 0 Å². The Labute approximate surface area is 165 Å². The maximum atomic E-state index is 4.93. The van der Waals surface area contributed by atoms with Gasteiger partial charge in [0.05, 0.1) is 11.4 Å². The van der Waals surface area contributed by atoms with Crippen molar-refractivity contribution in [3.05, 3.63) is 103 Å². The van der Waals surface area contributed by atoms with Gasteiger partial charge in [0.15, 0.2) is 0 Å². The van der Waals surface area contributed by atoms with Crippen LogP contribution in [0.15, 0.2) is 103 Å². The van der Waals surface area contributed by atoms with Crippen LogP contribution in [0.3, 0.4) is 0 Å². The van der Waals surface area contributed by atoms with Crippen LogP contribution in [0.1, 0.15) is 0 Å². The van der Waals surface area contributed by atoms with Gasteiger partial charge in [0, 0.05) is 11.1 Å². The van der Waals surface area contributed by atoms with E-state index in [1.165, 1.54) is 28.6 Å². The van der Waals surface area contributed by atoms with Gasteiger partial charge in [0.1, 0.15) is 0 Å². The SMILES string of the molecule is CN.c1cc(-c2ccc3ccccc3c2)nc(-c2ccc3ccccc3c2)c1. The van der Waals surface area contributed by atoms with Crippen molar-refractivity contribution in [2.45, 2.75) is 0 Å². The highest BCUT2D eigenvalue weighted by molar-refractivity contribution is 5.88. The maximum absolute atomic E-state index is 4.93. The average Bonchev–Trinajstić information content (AvgIpc) is 2.80. The van der Waals surface area contributed by atoms with Crippen molar-refractivity contribution in [1.82, 2.24) is 4.98 Å². The molecule has 1 heterocycles. The van der Waals surface area contributed by atoms with Gasteiger partial charge in [-0.3, -0.25) is 0 Å². The minimum atomic E-state index is 1.00. The fourth-order valence-electron chi connectivity index (χ4n) is 3.45. The molecule has 0 aliphatic carbocycles. The maximum Gasteiger partial charge on any atom is 0.0709 e. The van der Waals surface area contributed by atoms with E-state index in [0.717, 1.165) is 22.5 Å². The van der Waals surface area contributed by atoms with E-state index in [9.17, 15) is 0 Å². The zero-order valence-electron chi connectivity index (χ0n) is 15.8. The second-order valence-corrected chi connectivity index (χ2v) is 6.53. The molecule has 0 saturated carbocycles. The Morgan fingerprint density at radius 2 is 0.893 bits per heavy atom. The molecular formula is C26H22N2. The minimum absolute atomic E-state index is 1.00. The molecule has 1 aromatic heterocycles. The van der Waals surface area contributed by atoms with Crippen molar-refractivity contribution in [2.24, 2.45) is 5.73 Å². The molecular weight excluding hydrogens is 340 g/mol. The summed E-state index contributed by atoms with van der Waals surface area (Å²) in [4.78, 5) is 4.93. The first-order valence-corrected chi connectivity index (χ1v) is 9.40. The molecule has 2 nitrogen and oxygen atoms in total. The van der Waals surface area contributed by atoms with Gasteiger partial charge in [-0.2, -0.15) is 0 Å². The fraction of sp³-hybridized carbons (Fsp3) is 0.0385. The summed E-state index contributed by atoms with van der Waals surface area (Å²) in [6, 6.07) is 36.1. The number of aromatic nitrogens is 1. The normalized spacial score (nSPS) is 10.5. The van der Waals surface area contributed by atoms with E-state index < -0.39 is 0 Å². The molecule has 0 radical (unpaired) electrons. The molecule has 0 fully saturated rings. The molecule has 0 saturated heterocycles. The second-order valence-electron chi connectivity index (χ2n) is 6.53. The van der Waals surface area contributed by atoms with Gasteiger partial charge in [0.2, 0.25) is 0 Å². The van der Waals surface area contributed by atoms with Crippen molar-refractivity contribution in [3.8, 4) is 22.5 Å². The topological polar surface area (TPSA) is 38.9 Å². The third kappa shape index (κ3) is 3.51. The standard InChI is InChI=1S/C25H17N.CH5N/c1-3-8-20-16-22(14-12-18(20)6-1)24-10-5-11-25(26-24)23-15-13-19-7-2-4-9-21(19)17-23;1-2/h1-17H;2H2,1H3. The van der Waals surface area contributed by atoms with E-state index in [-0.39, 0.29) is 0 Å². The largest absolute Gasteiger partial charge is 0.333 e. The second kappa shape index (κ2) is 8.03. The lowest BCUT2D eigenvalue weighted by Gasteiger charge is -2.07. The molecule has 28 heavy (non-hydrogen) atoms.